The lowest BCUT2D eigenvalue weighted by Crippen LogP contribution is -2.33. The lowest BCUT2D eigenvalue weighted by atomic mass is 9.95. The quantitative estimate of drug-likeness (QED) is 0.571. The Morgan fingerprint density at radius 3 is 2.55 bits per heavy atom. The molecule has 31 heavy (non-hydrogen) atoms. The summed E-state index contributed by atoms with van der Waals surface area (Å²) in [5, 5.41) is 8.94. The van der Waals surface area contributed by atoms with Crippen LogP contribution in [0.15, 0.2) is 60.9 Å². The van der Waals surface area contributed by atoms with Crippen molar-refractivity contribution in [3.8, 4) is 11.5 Å². The van der Waals surface area contributed by atoms with Gasteiger partial charge in [0.1, 0.15) is 23.9 Å². The van der Waals surface area contributed by atoms with Crippen LogP contribution in [0.3, 0.4) is 0 Å². The van der Waals surface area contributed by atoms with Crippen molar-refractivity contribution in [2.24, 2.45) is 0 Å². The monoisotopic (exact) mass is 421 g/mol. The van der Waals surface area contributed by atoms with Crippen LogP contribution in [-0.4, -0.2) is 53.0 Å². The molecular weight excluding hydrogens is 390 g/mol. The van der Waals surface area contributed by atoms with E-state index in [0.29, 0.717) is 12.5 Å². The van der Waals surface area contributed by atoms with E-state index in [4.69, 9.17) is 19.6 Å². The van der Waals surface area contributed by atoms with Crippen molar-refractivity contribution in [2.75, 3.05) is 33.4 Å². The molecular formula is C25H31N3O3. The highest BCUT2D eigenvalue weighted by atomic mass is 16.5. The van der Waals surface area contributed by atoms with Gasteiger partial charge in [-0.3, -0.25) is 4.90 Å². The van der Waals surface area contributed by atoms with Crippen LogP contribution in [0.1, 0.15) is 35.7 Å². The topological polar surface area (TPSA) is 59.8 Å². The average Bonchev–Trinajstić information content (AvgIpc) is 3.27. The molecule has 164 valence electrons. The zero-order chi connectivity index (χ0) is 21.5. The van der Waals surface area contributed by atoms with Gasteiger partial charge in [0, 0.05) is 31.4 Å². The van der Waals surface area contributed by atoms with Crippen molar-refractivity contribution in [3.63, 3.8) is 0 Å². The fourth-order valence-corrected chi connectivity index (χ4v) is 4.25. The van der Waals surface area contributed by atoms with Crippen molar-refractivity contribution in [2.45, 2.75) is 31.8 Å². The summed E-state index contributed by atoms with van der Waals surface area (Å²) in [6, 6.07) is 16.4. The zero-order valence-corrected chi connectivity index (χ0v) is 18.1. The van der Waals surface area contributed by atoms with E-state index < -0.39 is 0 Å². The summed E-state index contributed by atoms with van der Waals surface area (Å²) in [5.74, 6) is 3.38. The van der Waals surface area contributed by atoms with E-state index in [9.17, 15) is 0 Å². The summed E-state index contributed by atoms with van der Waals surface area (Å²) in [6.45, 7) is 4.23. The highest BCUT2D eigenvalue weighted by Crippen LogP contribution is 2.28. The number of aromatic nitrogens is 2. The first kappa shape index (κ1) is 21.4. The summed E-state index contributed by atoms with van der Waals surface area (Å²) < 4.78 is 13.1. The molecule has 0 saturated carbocycles. The molecule has 0 atom stereocenters. The number of aliphatic hydroxyl groups is 1. The van der Waals surface area contributed by atoms with Crippen LogP contribution in [-0.2, 0) is 13.1 Å². The minimum absolute atomic E-state index is 0.0337. The molecule has 0 amide bonds. The zero-order valence-electron chi connectivity index (χ0n) is 18.1. The minimum atomic E-state index is 0.0337. The maximum absolute atomic E-state index is 8.94. The third-order valence-corrected chi connectivity index (χ3v) is 5.88. The van der Waals surface area contributed by atoms with Gasteiger partial charge in [-0.25, -0.2) is 4.98 Å². The molecule has 0 bridgehead atoms. The summed E-state index contributed by atoms with van der Waals surface area (Å²) >= 11 is 0. The van der Waals surface area contributed by atoms with Crippen LogP contribution in [0.4, 0.5) is 0 Å². The van der Waals surface area contributed by atoms with Crippen LogP contribution in [0.2, 0.25) is 0 Å². The number of piperidine rings is 1. The standard InChI is InChI=1S/C25H31N3O3/c1-30-23-7-5-20(6-8-23)19-28-14-11-26-25(28)22-9-12-27(13-10-22)18-21-3-2-4-24(17-21)31-16-15-29/h2-8,11,14,17,22,29H,9-10,12-13,15-16,18-19H2,1H3. The molecule has 0 spiro atoms. The number of ether oxygens (including phenoxy) is 2. The Bertz CT molecular complexity index is 947. The molecule has 4 rings (SSSR count). The van der Waals surface area contributed by atoms with E-state index in [1.54, 1.807) is 7.11 Å². The van der Waals surface area contributed by atoms with Gasteiger partial charge in [-0.2, -0.15) is 0 Å². The largest absolute Gasteiger partial charge is 0.497 e. The summed E-state index contributed by atoms with van der Waals surface area (Å²) in [5.41, 5.74) is 2.50. The second kappa shape index (κ2) is 10.5. The average molecular weight is 422 g/mol. The van der Waals surface area contributed by atoms with E-state index >= 15 is 0 Å². The van der Waals surface area contributed by atoms with E-state index in [-0.39, 0.29) is 6.61 Å². The lowest BCUT2D eigenvalue weighted by Gasteiger charge is -2.32. The molecule has 3 aromatic rings. The van der Waals surface area contributed by atoms with E-state index in [1.807, 2.05) is 30.5 Å². The van der Waals surface area contributed by atoms with Gasteiger partial charge in [0.15, 0.2) is 0 Å². The second-order valence-electron chi connectivity index (χ2n) is 8.03. The SMILES string of the molecule is COc1ccc(Cn2ccnc2C2CCN(Cc3cccc(OCCO)c3)CC2)cc1. The molecule has 1 aromatic heterocycles. The highest BCUT2D eigenvalue weighted by Gasteiger charge is 2.24. The van der Waals surface area contributed by atoms with Crippen molar-refractivity contribution < 1.29 is 14.6 Å². The first-order chi connectivity index (χ1) is 15.2. The van der Waals surface area contributed by atoms with Crippen LogP contribution in [0.25, 0.3) is 0 Å². The number of rotatable bonds is 9. The Morgan fingerprint density at radius 2 is 1.81 bits per heavy atom. The van der Waals surface area contributed by atoms with Crippen LogP contribution < -0.4 is 9.47 Å². The van der Waals surface area contributed by atoms with Crippen molar-refractivity contribution in [3.05, 3.63) is 77.9 Å². The van der Waals surface area contributed by atoms with Gasteiger partial charge in [-0.15, -0.1) is 0 Å². The van der Waals surface area contributed by atoms with Gasteiger partial charge in [-0.1, -0.05) is 24.3 Å². The molecule has 1 fully saturated rings. The van der Waals surface area contributed by atoms with Gasteiger partial charge in [0.05, 0.1) is 13.7 Å². The lowest BCUT2D eigenvalue weighted by molar-refractivity contribution is 0.196. The van der Waals surface area contributed by atoms with Gasteiger partial charge < -0.3 is 19.1 Å². The van der Waals surface area contributed by atoms with Crippen LogP contribution in [0, 0.1) is 0 Å². The number of aliphatic hydroxyl groups excluding tert-OH is 1. The fraction of sp³-hybridized carbons (Fsp3) is 0.400. The van der Waals surface area contributed by atoms with Gasteiger partial charge in [-0.05, 0) is 61.3 Å². The van der Waals surface area contributed by atoms with Crippen LogP contribution >= 0.6 is 0 Å². The minimum Gasteiger partial charge on any atom is -0.497 e. The maximum Gasteiger partial charge on any atom is 0.119 e. The van der Waals surface area contributed by atoms with E-state index in [0.717, 1.165) is 50.5 Å². The number of hydrogen-bond donors (Lipinski definition) is 1. The Hall–Kier alpha value is -2.83. The maximum atomic E-state index is 8.94. The molecule has 0 aliphatic carbocycles. The Kier molecular flexibility index (Phi) is 7.22. The summed E-state index contributed by atoms with van der Waals surface area (Å²) in [7, 11) is 1.69. The van der Waals surface area contributed by atoms with Gasteiger partial charge >= 0.3 is 0 Å². The van der Waals surface area contributed by atoms with Gasteiger partial charge in [0.2, 0.25) is 0 Å². The van der Waals surface area contributed by atoms with Crippen molar-refractivity contribution in [1.82, 2.24) is 14.5 Å². The Balaban J connectivity index is 1.32. The first-order valence-electron chi connectivity index (χ1n) is 10.9. The van der Waals surface area contributed by atoms with E-state index in [1.165, 1.54) is 17.0 Å². The van der Waals surface area contributed by atoms with Gasteiger partial charge in [0.25, 0.3) is 0 Å². The number of likely N-dealkylation sites (tertiary alicyclic amines) is 1. The molecule has 1 saturated heterocycles. The van der Waals surface area contributed by atoms with Crippen LogP contribution in [0.5, 0.6) is 11.5 Å². The Labute approximate surface area is 184 Å². The molecule has 1 N–H and O–H groups in total. The molecule has 2 heterocycles. The van der Waals surface area contributed by atoms with Crippen molar-refractivity contribution >= 4 is 0 Å². The Morgan fingerprint density at radius 1 is 1.00 bits per heavy atom. The number of methoxy groups -OCH3 is 1. The van der Waals surface area contributed by atoms with E-state index in [2.05, 4.69) is 39.9 Å². The summed E-state index contributed by atoms with van der Waals surface area (Å²) in [4.78, 5) is 7.20. The molecule has 6 heteroatoms. The predicted octanol–water partition coefficient (Wildman–Crippen LogP) is 3.69. The highest BCUT2D eigenvalue weighted by molar-refractivity contribution is 5.29. The van der Waals surface area contributed by atoms with Crippen molar-refractivity contribution in [1.29, 1.82) is 0 Å². The third-order valence-electron chi connectivity index (χ3n) is 5.88. The number of imidazole rings is 1. The molecule has 0 unspecified atom stereocenters. The molecule has 2 aromatic carbocycles. The fourth-order valence-electron chi connectivity index (χ4n) is 4.25. The summed E-state index contributed by atoms with van der Waals surface area (Å²) in [6.07, 6.45) is 6.23. The second-order valence-corrected chi connectivity index (χ2v) is 8.03. The molecule has 0 radical (unpaired) electrons. The molecule has 6 nitrogen and oxygen atoms in total. The number of benzene rings is 2. The normalized spacial score (nSPS) is 15.2. The smallest absolute Gasteiger partial charge is 0.119 e. The number of nitrogens with zero attached hydrogens (tertiary/aromatic N) is 3. The first-order valence-corrected chi connectivity index (χ1v) is 10.9. The molecule has 1 aliphatic heterocycles. The number of hydrogen-bond acceptors (Lipinski definition) is 5. The molecule has 1 aliphatic rings. The third kappa shape index (κ3) is 5.66. The predicted molar refractivity (Wildman–Crippen MR) is 121 cm³/mol.